The first-order valence-corrected chi connectivity index (χ1v) is 11.7. The molecule has 0 atom stereocenters. The fourth-order valence-corrected chi connectivity index (χ4v) is 3.63. The van der Waals surface area contributed by atoms with Crippen LogP contribution in [-0.2, 0) is 6.61 Å². The molecular weight excluding hydrogens is 452 g/mol. The van der Waals surface area contributed by atoms with Crippen LogP contribution in [0.4, 0.5) is 0 Å². The lowest BCUT2D eigenvalue weighted by molar-refractivity contribution is 0.0955. The Balaban J connectivity index is 1.34. The third-order valence-corrected chi connectivity index (χ3v) is 5.45. The fraction of sp³-hybridized carbons (Fsp3) is 0.133. The minimum atomic E-state index is -0.300. The molecule has 0 saturated heterocycles. The molecule has 1 amide bonds. The van der Waals surface area contributed by atoms with E-state index in [4.69, 9.17) is 14.2 Å². The van der Waals surface area contributed by atoms with Crippen LogP contribution in [0, 0.1) is 0 Å². The average Bonchev–Trinajstić information content (AvgIpc) is 2.93. The highest BCUT2D eigenvalue weighted by atomic mass is 16.5. The molecule has 0 aliphatic carbocycles. The molecule has 0 aliphatic heterocycles. The van der Waals surface area contributed by atoms with Gasteiger partial charge < -0.3 is 14.2 Å². The number of carbonyl (C=O) groups excluding carboxylic acids is 1. The molecule has 6 nitrogen and oxygen atoms in total. The van der Waals surface area contributed by atoms with Crippen LogP contribution >= 0.6 is 0 Å². The Kier molecular flexibility index (Phi) is 8.33. The topological polar surface area (TPSA) is 69.2 Å². The molecule has 0 aromatic heterocycles. The molecule has 1 N–H and O–H groups in total. The van der Waals surface area contributed by atoms with Gasteiger partial charge in [0.25, 0.3) is 5.91 Å². The second-order valence-corrected chi connectivity index (χ2v) is 7.89. The molecule has 0 saturated carbocycles. The summed E-state index contributed by atoms with van der Waals surface area (Å²) in [5.41, 5.74) is 6.93. The minimum Gasteiger partial charge on any atom is -0.493 e. The molecule has 0 unspecified atom stereocenters. The molecule has 0 aliphatic rings. The summed E-state index contributed by atoms with van der Waals surface area (Å²) in [6.07, 6.45) is 1.56. The molecule has 36 heavy (non-hydrogen) atoms. The minimum absolute atomic E-state index is 0.300. The number of benzene rings is 4. The lowest BCUT2D eigenvalue weighted by Gasteiger charge is -2.12. The van der Waals surface area contributed by atoms with Gasteiger partial charge >= 0.3 is 0 Å². The monoisotopic (exact) mass is 480 g/mol. The van der Waals surface area contributed by atoms with Crippen molar-refractivity contribution < 1.29 is 19.0 Å². The van der Waals surface area contributed by atoms with Gasteiger partial charge in [0.1, 0.15) is 12.4 Å². The number of hydrogen-bond acceptors (Lipinski definition) is 5. The molecule has 0 fully saturated rings. The summed E-state index contributed by atoms with van der Waals surface area (Å²) in [6, 6.07) is 30.8. The van der Waals surface area contributed by atoms with E-state index in [0.29, 0.717) is 30.3 Å². The molecule has 4 aromatic rings. The molecule has 6 heteroatoms. The number of carbonyl (C=O) groups is 1. The Morgan fingerprint density at radius 1 is 0.833 bits per heavy atom. The number of para-hydroxylation sites is 1. The molecule has 4 aromatic carbocycles. The van der Waals surface area contributed by atoms with E-state index < -0.39 is 0 Å². The van der Waals surface area contributed by atoms with Crippen molar-refractivity contribution in [2.24, 2.45) is 5.10 Å². The molecule has 0 radical (unpaired) electrons. The smallest absolute Gasteiger partial charge is 0.271 e. The van der Waals surface area contributed by atoms with Crippen molar-refractivity contribution in [2.75, 3.05) is 13.7 Å². The number of ether oxygens (including phenoxy) is 3. The maximum absolute atomic E-state index is 12.5. The van der Waals surface area contributed by atoms with Gasteiger partial charge in [-0.3, -0.25) is 4.79 Å². The summed E-state index contributed by atoms with van der Waals surface area (Å²) >= 11 is 0. The van der Waals surface area contributed by atoms with Crippen molar-refractivity contribution in [2.45, 2.75) is 13.5 Å². The lowest BCUT2D eigenvalue weighted by Crippen LogP contribution is -2.17. The van der Waals surface area contributed by atoms with E-state index in [1.165, 1.54) is 0 Å². The third kappa shape index (κ3) is 6.30. The van der Waals surface area contributed by atoms with Crippen molar-refractivity contribution in [1.29, 1.82) is 0 Å². The average molecular weight is 481 g/mol. The van der Waals surface area contributed by atoms with Crippen molar-refractivity contribution in [3.8, 4) is 28.4 Å². The van der Waals surface area contributed by atoms with Gasteiger partial charge in [-0.25, -0.2) is 5.43 Å². The van der Waals surface area contributed by atoms with E-state index in [0.717, 1.165) is 28.0 Å². The largest absolute Gasteiger partial charge is 0.493 e. The Bertz CT molecular complexity index is 1320. The van der Waals surface area contributed by atoms with Gasteiger partial charge in [-0.1, -0.05) is 60.7 Å². The van der Waals surface area contributed by atoms with E-state index in [2.05, 4.69) is 22.7 Å². The maximum atomic E-state index is 12.5. The van der Waals surface area contributed by atoms with Crippen LogP contribution in [0.1, 0.15) is 28.4 Å². The van der Waals surface area contributed by atoms with E-state index in [1.54, 1.807) is 31.5 Å². The van der Waals surface area contributed by atoms with Gasteiger partial charge in [-0.2, -0.15) is 5.10 Å². The molecular formula is C30H28N2O4. The summed E-state index contributed by atoms with van der Waals surface area (Å²) in [6.45, 7) is 2.85. The van der Waals surface area contributed by atoms with Crippen molar-refractivity contribution >= 4 is 12.1 Å². The zero-order chi connectivity index (χ0) is 25.2. The summed E-state index contributed by atoms with van der Waals surface area (Å²) < 4.78 is 16.9. The highest BCUT2D eigenvalue weighted by Gasteiger charge is 2.08. The first kappa shape index (κ1) is 24.5. The number of hydrogen-bond donors (Lipinski definition) is 1. The summed E-state index contributed by atoms with van der Waals surface area (Å²) in [5, 5.41) is 4.06. The first-order chi connectivity index (χ1) is 17.7. The van der Waals surface area contributed by atoms with Crippen LogP contribution in [0.15, 0.2) is 102 Å². The Hall–Kier alpha value is -4.58. The zero-order valence-electron chi connectivity index (χ0n) is 20.3. The number of methoxy groups -OCH3 is 1. The van der Waals surface area contributed by atoms with Crippen molar-refractivity contribution in [1.82, 2.24) is 5.43 Å². The summed E-state index contributed by atoms with van der Waals surface area (Å²) in [7, 11) is 1.58. The lowest BCUT2D eigenvalue weighted by atomic mass is 10.0. The second kappa shape index (κ2) is 12.2. The van der Waals surface area contributed by atoms with Crippen molar-refractivity contribution in [3.63, 3.8) is 0 Å². The highest BCUT2D eigenvalue weighted by molar-refractivity contribution is 5.95. The molecule has 0 bridgehead atoms. The normalized spacial score (nSPS) is 10.7. The Morgan fingerprint density at radius 2 is 1.58 bits per heavy atom. The number of nitrogens with one attached hydrogen (secondary N) is 1. The highest BCUT2D eigenvalue weighted by Crippen LogP contribution is 2.30. The van der Waals surface area contributed by atoms with E-state index in [1.807, 2.05) is 73.7 Å². The van der Waals surface area contributed by atoms with Crippen LogP contribution in [0.5, 0.6) is 17.2 Å². The van der Waals surface area contributed by atoms with Gasteiger partial charge in [0.2, 0.25) is 0 Å². The molecule has 0 spiro atoms. The quantitative estimate of drug-likeness (QED) is 0.220. The van der Waals surface area contributed by atoms with E-state index in [9.17, 15) is 4.79 Å². The van der Waals surface area contributed by atoms with Gasteiger partial charge in [0.15, 0.2) is 11.5 Å². The number of hydrazone groups is 1. The van der Waals surface area contributed by atoms with E-state index in [-0.39, 0.29) is 5.91 Å². The fourth-order valence-electron chi connectivity index (χ4n) is 3.63. The van der Waals surface area contributed by atoms with Crippen LogP contribution in [0.25, 0.3) is 11.1 Å². The van der Waals surface area contributed by atoms with E-state index >= 15 is 0 Å². The number of rotatable bonds is 10. The standard InChI is InChI=1S/C30H28N2O4/c1-3-35-28-18-15-23(19-29(28)34-2)20-31-32-30(33)25-16-13-22(14-17-25)21-36-27-12-8-7-11-26(27)24-9-5-4-6-10-24/h4-20H,3,21H2,1-2H3,(H,32,33)/b31-20+. The van der Waals surface area contributed by atoms with Crippen LogP contribution < -0.4 is 19.6 Å². The third-order valence-electron chi connectivity index (χ3n) is 5.45. The van der Waals surface area contributed by atoms with Crippen LogP contribution in [0.2, 0.25) is 0 Å². The number of amides is 1. The van der Waals surface area contributed by atoms with Gasteiger partial charge in [0.05, 0.1) is 19.9 Å². The number of nitrogens with zero attached hydrogens (tertiary/aromatic N) is 1. The Labute approximate surface area is 211 Å². The maximum Gasteiger partial charge on any atom is 0.271 e. The summed E-state index contributed by atoms with van der Waals surface area (Å²) in [5.74, 6) is 1.78. The SMILES string of the molecule is CCOc1ccc(/C=N/NC(=O)c2ccc(COc3ccccc3-c3ccccc3)cc2)cc1OC. The summed E-state index contributed by atoms with van der Waals surface area (Å²) in [4.78, 5) is 12.5. The predicted octanol–water partition coefficient (Wildman–Crippen LogP) is 6.10. The first-order valence-electron chi connectivity index (χ1n) is 11.7. The second-order valence-electron chi connectivity index (χ2n) is 7.89. The molecule has 4 rings (SSSR count). The van der Waals surface area contributed by atoms with Crippen molar-refractivity contribution in [3.05, 3.63) is 114 Å². The molecule has 182 valence electrons. The van der Waals surface area contributed by atoms with Crippen LogP contribution in [-0.4, -0.2) is 25.8 Å². The predicted molar refractivity (Wildman–Crippen MR) is 142 cm³/mol. The zero-order valence-corrected chi connectivity index (χ0v) is 20.3. The van der Waals surface area contributed by atoms with Gasteiger partial charge in [-0.05, 0) is 60.0 Å². The molecule has 0 heterocycles. The van der Waals surface area contributed by atoms with Gasteiger partial charge in [0, 0.05) is 11.1 Å². The Morgan fingerprint density at radius 3 is 2.33 bits per heavy atom. The van der Waals surface area contributed by atoms with Crippen LogP contribution in [0.3, 0.4) is 0 Å². The van der Waals surface area contributed by atoms with Gasteiger partial charge in [-0.15, -0.1) is 0 Å².